The van der Waals surface area contributed by atoms with Gasteiger partial charge in [0.15, 0.2) is 0 Å². The predicted octanol–water partition coefficient (Wildman–Crippen LogP) is 2.52. The monoisotopic (exact) mass is 288 g/mol. The molecule has 2 nitrogen and oxygen atoms in total. The largest absolute Gasteiger partial charge is 0.401 e. The van der Waals surface area contributed by atoms with Crippen LogP contribution in [0.4, 0.5) is 17.6 Å². The summed E-state index contributed by atoms with van der Waals surface area (Å²) in [6.45, 7) is 1.09. The Morgan fingerprint density at radius 1 is 1.30 bits per heavy atom. The number of benzene rings is 1. The van der Waals surface area contributed by atoms with Crippen LogP contribution in [0, 0.1) is 17.7 Å². The molecule has 0 saturated carbocycles. The van der Waals surface area contributed by atoms with Gasteiger partial charge in [0.25, 0.3) is 0 Å². The van der Waals surface area contributed by atoms with E-state index in [1.807, 2.05) is 0 Å². The number of hydrogen-bond donors (Lipinski definition) is 1. The number of nitrogens with zero attached hydrogens (tertiary/aromatic N) is 1. The second-order valence-electron chi connectivity index (χ2n) is 4.24. The van der Waals surface area contributed by atoms with Gasteiger partial charge in [-0.3, -0.25) is 4.90 Å². The van der Waals surface area contributed by atoms with Crippen molar-refractivity contribution in [2.45, 2.75) is 19.6 Å². The standard InChI is InChI=1S/C14H16F4N2/c1-2-20(10-14(16,17)18)9-11-5-6-13(15)12(8-11)4-3-7-19/h5-6,8H,2,7,9-10,19H2,1H3. The Hall–Kier alpha value is -1.58. The zero-order valence-corrected chi connectivity index (χ0v) is 11.1. The highest BCUT2D eigenvalue weighted by molar-refractivity contribution is 5.38. The van der Waals surface area contributed by atoms with Gasteiger partial charge in [-0.05, 0) is 24.2 Å². The Bertz CT molecular complexity index is 500. The van der Waals surface area contributed by atoms with Crippen LogP contribution >= 0.6 is 0 Å². The SMILES string of the molecule is CCN(Cc1ccc(F)c(C#CCN)c1)CC(F)(F)F. The van der Waals surface area contributed by atoms with E-state index in [0.29, 0.717) is 5.56 Å². The van der Waals surface area contributed by atoms with Crippen molar-refractivity contribution in [2.75, 3.05) is 19.6 Å². The Balaban J connectivity index is 2.86. The van der Waals surface area contributed by atoms with E-state index in [2.05, 4.69) is 11.8 Å². The van der Waals surface area contributed by atoms with Crippen LogP contribution in [0.3, 0.4) is 0 Å². The molecule has 0 aliphatic heterocycles. The van der Waals surface area contributed by atoms with E-state index >= 15 is 0 Å². The highest BCUT2D eigenvalue weighted by Gasteiger charge is 2.30. The topological polar surface area (TPSA) is 29.3 Å². The zero-order chi connectivity index (χ0) is 15.2. The van der Waals surface area contributed by atoms with Crippen molar-refractivity contribution in [3.8, 4) is 11.8 Å². The summed E-state index contributed by atoms with van der Waals surface area (Å²) >= 11 is 0. The van der Waals surface area contributed by atoms with Gasteiger partial charge in [0.05, 0.1) is 18.7 Å². The zero-order valence-electron chi connectivity index (χ0n) is 11.1. The van der Waals surface area contributed by atoms with E-state index in [0.717, 1.165) is 0 Å². The van der Waals surface area contributed by atoms with Gasteiger partial charge in [-0.1, -0.05) is 24.8 Å². The van der Waals surface area contributed by atoms with Gasteiger partial charge < -0.3 is 5.73 Å². The summed E-state index contributed by atoms with van der Waals surface area (Å²) in [4.78, 5) is 1.23. The lowest BCUT2D eigenvalue weighted by atomic mass is 10.1. The quantitative estimate of drug-likeness (QED) is 0.681. The lowest BCUT2D eigenvalue weighted by Gasteiger charge is -2.22. The first-order valence-electron chi connectivity index (χ1n) is 6.12. The van der Waals surface area contributed by atoms with Crippen LogP contribution in [-0.4, -0.2) is 30.7 Å². The second-order valence-corrected chi connectivity index (χ2v) is 4.24. The molecule has 110 valence electrons. The Kier molecular flexibility index (Phi) is 5.99. The van der Waals surface area contributed by atoms with Crippen molar-refractivity contribution in [2.24, 2.45) is 5.73 Å². The van der Waals surface area contributed by atoms with E-state index < -0.39 is 18.5 Å². The molecule has 20 heavy (non-hydrogen) atoms. The molecule has 2 N–H and O–H groups in total. The average Bonchev–Trinajstić information content (AvgIpc) is 2.37. The predicted molar refractivity (Wildman–Crippen MR) is 69.3 cm³/mol. The minimum absolute atomic E-state index is 0.0909. The average molecular weight is 288 g/mol. The van der Waals surface area contributed by atoms with Crippen LogP contribution in [0.25, 0.3) is 0 Å². The Labute approximate surface area is 115 Å². The van der Waals surface area contributed by atoms with Crippen molar-refractivity contribution in [1.29, 1.82) is 0 Å². The van der Waals surface area contributed by atoms with Gasteiger partial charge >= 0.3 is 6.18 Å². The van der Waals surface area contributed by atoms with Crippen molar-refractivity contribution < 1.29 is 17.6 Å². The van der Waals surface area contributed by atoms with Gasteiger partial charge in [0.2, 0.25) is 0 Å². The molecule has 0 bridgehead atoms. The molecule has 0 aliphatic rings. The maximum Gasteiger partial charge on any atom is 0.401 e. The molecule has 0 saturated heterocycles. The van der Waals surface area contributed by atoms with Crippen LogP contribution < -0.4 is 5.73 Å². The van der Waals surface area contributed by atoms with Gasteiger partial charge in [0.1, 0.15) is 5.82 Å². The summed E-state index contributed by atoms with van der Waals surface area (Å²) in [5.41, 5.74) is 5.94. The summed E-state index contributed by atoms with van der Waals surface area (Å²) in [6.07, 6.45) is -4.25. The molecule has 0 spiro atoms. The van der Waals surface area contributed by atoms with E-state index in [1.165, 1.54) is 23.1 Å². The Morgan fingerprint density at radius 2 is 2.00 bits per heavy atom. The van der Waals surface area contributed by atoms with Crippen molar-refractivity contribution in [3.63, 3.8) is 0 Å². The highest BCUT2D eigenvalue weighted by Crippen LogP contribution is 2.18. The van der Waals surface area contributed by atoms with E-state index in [9.17, 15) is 17.6 Å². The lowest BCUT2D eigenvalue weighted by Crippen LogP contribution is -2.33. The molecule has 0 fully saturated rings. The molecule has 1 aromatic rings. The molecule has 6 heteroatoms. The normalized spacial score (nSPS) is 11.3. The van der Waals surface area contributed by atoms with Crippen molar-refractivity contribution >= 4 is 0 Å². The van der Waals surface area contributed by atoms with Gasteiger partial charge in [0, 0.05) is 6.54 Å². The van der Waals surface area contributed by atoms with E-state index in [1.54, 1.807) is 6.92 Å². The number of alkyl halides is 3. The first kappa shape index (κ1) is 16.5. The van der Waals surface area contributed by atoms with Crippen LogP contribution in [0.1, 0.15) is 18.1 Å². The first-order chi connectivity index (χ1) is 9.35. The number of hydrogen-bond acceptors (Lipinski definition) is 2. The molecule has 0 atom stereocenters. The Morgan fingerprint density at radius 3 is 2.55 bits per heavy atom. The molecule has 0 unspecified atom stereocenters. The van der Waals surface area contributed by atoms with E-state index in [-0.39, 0.29) is 25.2 Å². The van der Waals surface area contributed by atoms with Gasteiger partial charge in [-0.25, -0.2) is 4.39 Å². The van der Waals surface area contributed by atoms with Crippen LogP contribution in [0.15, 0.2) is 18.2 Å². The molecule has 0 amide bonds. The van der Waals surface area contributed by atoms with Crippen LogP contribution in [0.5, 0.6) is 0 Å². The van der Waals surface area contributed by atoms with Gasteiger partial charge in [-0.2, -0.15) is 13.2 Å². The van der Waals surface area contributed by atoms with Gasteiger partial charge in [-0.15, -0.1) is 0 Å². The second kappa shape index (κ2) is 7.27. The first-order valence-corrected chi connectivity index (χ1v) is 6.12. The maximum atomic E-state index is 13.4. The summed E-state index contributed by atoms with van der Waals surface area (Å²) in [5.74, 6) is 4.58. The smallest absolute Gasteiger partial charge is 0.320 e. The molecule has 0 aromatic heterocycles. The minimum atomic E-state index is -4.25. The maximum absolute atomic E-state index is 13.4. The molecule has 0 aliphatic carbocycles. The minimum Gasteiger partial charge on any atom is -0.320 e. The lowest BCUT2D eigenvalue weighted by molar-refractivity contribution is -0.146. The summed E-state index contributed by atoms with van der Waals surface area (Å²) < 4.78 is 50.5. The summed E-state index contributed by atoms with van der Waals surface area (Å²) in [7, 11) is 0. The summed E-state index contributed by atoms with van der Waals surface area (Å²) in [6, 6.07) is 4.12. The van der Waals surface area contributed by atoms with Crippen LogP contribution in [0.2, 0.25) is 0 Å². The van der Waals surface area contributed by atoms with E-state index in [4.69, 9.17) is 5.73 Å². The number of rotatable bonds is 4. The molecular formula is C14H16F4N2. The van der Waals surface area contributed by atoms with Crippen molar-refractivity contribution in [3.05, 3.63) is 35.1 Å². The van der Waals surface area contributed by atoms with Crippen molar-refractivity contribution in [1.82, 2.24) is 4.90 Å². The molecule has 0 radical (unpaired) electrons. The summed E-state index contributed by atoms with van der Waals surface area (Å²) in [5, 5.41) is 0. The fraction of sp³-hybridized carbons (Fsp3) is 0.429. The van der Waals surface area contributed by atoms with Crippen LogP contribution in [-0.2, 0) is 6.54 Å². The highest BCUT2D eigenvalue weighted by atomic mass is 19.4. The third-order valence-corrected chi connectivity index (χ3v) is 2.61. The molecule has 1 rings (SSSR count). The number of nitrogens with two attached hydrogens (primary N) is 1. The third-order valence-electron chi connectivity index (χ3n) is 2.61. The third kappa shape index (κ3) is 5.59. The fourth-order valence-electron chi connectivity index (χ4n) is 1.70. The number of halogens is 4. The molecular weight excluding hydrogens is 272 g/mol. The molecule has 0 heterocycles. The molecule has 1 aromatic carbocycles. The fourth-order valence-corrected chi connectivity index (χ4v) is 1.70.